The summed E-state index contributed by atoms with van der Waals surface area (Å²) in [5, 5.41) is 8.62. The van der Waals surface area contributed by atoms with E-state index < -0.39 is 41.0 Å². The molecule has 1 aromatic carbocycles. The Morgan fingerprint density at radius 1 is 1.07 bits per heavy atom. The Bertz CT molecular complexity index is 1110. The fourth-order valence-corrected chi connectivity index (χ4v) is 4.68. The quantitative estimate of drug-likeness (QED) is 0.168. The number of benzene rings is 1. The van der Waals surface area contributed by atoms with Crippen LogP contribution < -0.4 is 21.8 Å². The van der Waals surface area contributed by atoms with Crippen molar-refractivity contribution in [1.82, 2.24) is 15.5 Å². The van der Waals surface area contributed by atoms with Crippen molar-refractivity contribution in [3.63, 3.8) is 0 Å². The molecule has 0 saturated carbocycles. The number of carbonyl (C=O) groups excluding carboxylic acids is 4. The molecular formula is C30H49N5O6. The van der Waals surface area contributed by atoms with Gasteiger partial charge in [0.2, 0.25) is 11.8 Å². The largest absolute Gasteiger partial charge is 0.463 e. The highest BCUT2D eigenvalue weighted by atomic mass is 16.7. The molecule has 1 unspecified atom stereocenters. The molecule has 41 heavy (non-hydrogen) atoms. The number of ether oxygens (including phenoxy) is 1. The van der Waals surface area contributed by atoms with E-state index >= 15 is 0 Å². The van der Waals surface area contributed by atoms with E-state index in [0.29, 0.717) is 11.3 Å². The summed E-state index contributed by atoms with van der Waals surface area (Å²) in [6.45, 7) is 17.0. The third-order valence-electron chi connectivity index (χ3n) is 7.13. The molecule has 0 heterocycles. The average Bonchev–Trinajstić information content (AvgIpc) is 2.89. The first-order chi connectivity index (χ1) is 18.9. The number of amides is 3. The second-order valence-corrected chi connectivity index (χ2v) is 12.1. The molecule has 1 aromatic rings. The average molecular weight is 576 g/mol. The number of nitrogens with two attached hydrogens (primary N) is 1. The molecule has 5 N–H and O–H groups in total. The number of rotatable bonds is 12. The first-order valence-corrected chi connectivity index (χ1v) is 13.8. The molecule has 11 heteroatoms. The number of esters is 1. The predicted octanol–water partition coefficient (Wildman–Crippen LogP) is 3.50. The van der Waals surface area contributed by atoms with Crippen LogP contribution in [0.4, 0.5) is 10.5 Å². The number of likely N-dealkylation sites (N-methyl/N-ethyl adjacent to an activating group) is 2. The highest BCUT2D eigenvalue weighted by Gasteiger charge is 2.41. The van der Waals surface area contributed by atoms with Crippen LogP contribution in [-0.2, 0) is 29.4 Å². The standard InChI is InChI=1S/C30H49N5O6/c1-12-40-27(38)19(4)16-22(18(2)3)35(11)26(37)24(29(5,6)7)34-25(36)23(32-10)30(8,9)20-14-13-15-21(17-20)33-28(39)41-31/h13-18,22-24,32H,12,31H2,1-11H3,(H,33,39)(H,34,36)/b19-16+/t22-,23?,24-/m1/s1. The fourth-order valence-electron chi connectivity index (χ4n) is 4.68. The molecule has 230 valence electrons. The third kappa shape index (κ3) is 9.57. The van der Waals surface area contributed by atoms with Gasteiger partial charge in [-0.3, -0.25) is 14.9 Å². The molecule has 3 amide bonds. The van der Waals surface area contributed by atoms with Crippen LogP contribution in [-0.4, -0.2) is 67.6 Å². The summed E-state index contributed by atoms with van der Waals surface area (Å²) >= 11 is 0. The minimum Gasteiger partial charge on any atom is -0.463 e. The number of nitrogens with one attached hydrogen (secondary N) is 3. The Hall–Kier alpha value is -3.44. The minimum atomic E-state index is -0.864. The second-order valence-electron chi connectivity index (χ2n) is 12.1. The van der Waals surface area contributed by atoms with Crippen LogP contribution in [0.25, 0.3) is 0 Å². The smallest absolute Gasteiger partial charge is 0.430 e. The maximum absolute atomic E-state index is 13.9. The number of nitrogens with zero attached hydrogens (tertiary/aromatic N) is 1. The van der Waals surface area contributed by atoms with Gasteiger partial charge in [0, 0.05) is 23.7 Å². The SMILES string of the molecule is CCOC(=O)/C(C)=C/[C@H](C(C)C)N(C)C(=O)[C@@H](NC(=O)C(NC)C(C)(C)c1cccc(NC(=O)ON)c1)C(C)(C)C. The van der Waals surface area contributed by atoms with E-state index in [1.807, 2.05) is 54.5 Å². The van der Waals surface area contributed by atoms with Crippen molar-refractivity contribution in [3.8, 4) is 0 Å². The first kappa shape index (κ1) is 35.6. The third-order valence-corrected chi connectivity index (χ3v) is 7.13. The lowest BCUT2D eigenvalue weighted by molar-refractivity contribution is -0.141. The normalized spacial score (nSPS) is 14.5. The molecule has 1 rings (SSSR count). The van der Waals surface area contributed by atoms with Gasteiger partial charge in [-0.2, -0.15) is 5.90 Å². The molecule has 0 fully saturated rings. The molecule has 3 atom stereocenters. The van der Waals surface area contributed by atoms with Crippen LogP contribution in [0.5, 0.6) is 0 Å². The van der Waals surface area contributed by atoms with E-state index in [9.17, 15) is 19.2 Å². The van der Waals surface area contributed by atoms with Gasteiger partial charge < -0.3 is 25.1 Å². The molecule has 11 nitrogen and oxygen atoms in total. The lowest BCUT2D eigenvalue weighted by Gasteiger charge is -2.40. The predicted molar refractivity (Wildman–Crippen MR) is 160 cm³/mol. The van der Waals surface area contributed by atoms with Gasteiger partial charge in [-0.1, -0.05) is 66.7 Å². The van der Waals surface area contributed by atoms with Gasteiger partial charge in [0.15, 0.2) is 0 Å². The minimum absolute atomic E-state index is 0.00826. The van der Waals surface area contributed by atoms with Crippen molar-refractivity contribution in [2.75, 3.05) is 26.0 Å². The zero-order chi connectivity index (χ0) is 31.7. The van der Waals surface area contributed by atoms with E-state index in [4.69, 9.17) is 10.6 Å². The zero-order valence-corrected chi connectivity index (χ0v) is 26.4. The lowest BCUT2D eigenvalue weighted by atomic mass is 9.76. The van der Waals surface area contributed by atoms with E-state index in [-0.39, 0.29) is 24.3 Å². The molecular weight excluding hydrogens is 526 g/mol. The molecule has 0 radical (unpaired) electrons. The summed E-state index contributed by atoms with van der Waals surface area (Å²) in [6, 6.07) is 5.01. The van der Waals surface area contributed by atoms with Gasteiger partial charge in [0.25, 0.3) is 0 Å². The van der Waals surface area contributed by atoms with Crippen LogP contribution in [0.2, 0.25) is 0 Å². The summed E-state index contributed by atoms with van der Waals surface area (Å²) in [5.41, 5.74) is 0.237. The van der Waals surface area contributed by atoms with Crippen LogP contribution in [0, 0.1) is 11.3 Å². The number of carbonyl (C=O) groups is 4. The van der Waals surface area contributed by atoms with Crippen molar-refractivity contribution >= 4 is 29.6 Å². The van der Waals surface area contributed by atoms with E-state index in [1.165, 1.54) is 0 Å². The van der Waals surface area contributed by atoms with Gasteiger partial charge in [-0.25, -0.2) is 9.59 Å². The number of hydrogen-bond acceptors (Lipinski definition) is 8. The molecule has 0 aliphatic carbocycles. The van der Waals surface area contributed by atoms with E-state index in [0.717, 1.165) is 5.56 Å². The monoisotopic (exact) mass is 575 g/mol. The first-order valence-electron chi connectivity index (χ1n) is 13.8. The van der Waals surface area contributed by atoms with Crippen LogP contribution in [0.3, 0.4) is 0 Å². The number of hydrogen-bond donors (Lipinski definition) is 4. The van der Waals surface area contributed by atoms with Crippen LogP contribution in [0.15, 0.2) is 35.9 Å². The lowest BCUT2D eigenvalue weighted by Crippen LogP contribution is -2.61. The highest BCUT2D eigenvalue weighted by Crippen LogP contribution is 2.30. The molecule has 0 aliphatic heterocycles. The number of anilines is 1. The molecule has 0 bridgehead atoms. The van der Waals surface area contributed by atoms with Gasteiger partial charge in [0.05, 0.1) is 18.7 Å². The fraction of sp³-hybridized carbons (Fsp3) is 0.600. The van der Waals surface area contributed by atoms with Crippen molar-refractivity contribution < 1.29 is 28.8 Å². The van der Waals surface area contributed by atoms with Crippen LogP contribution in [0.1, 0.15) is 67.9 Å². The van der Waals surface area contributed by atoms with Gasteiger partial charge in [0.1, 0.15) is 6.04 Å². The summed E-state index contributed by atoms with van der Waals surface area (Å²) < 4.78 is 5.11. The molecule has 0 spiro atoms. The topological polar surface area (TPSA) is 152 Å². The van der Waals surface area contributed by atoms with Gasteiger partial charge >= 0.3 is 12.1 Å². The van der Waals surface area contributed by atoms with Crippen LogP contribution >= 0.6 is 0 Å². The van der Waals surface area contributed by atoms with Gasteiger partial charge in [-0.05, 0) is 49.9 Å². The van der Waals surface area contributed by atoms with Gasteiger partial charge in [-0.15, -0.1) is 0 Å². The molecule has 0 aromatic heterocycles. The van der Waals surface area contributed by atoms with E-state index in [1.54, 1.807) is 57.1 Å². The maximum Gasteiger partial charge on any atom is 0.430 e. The van der Waals surface area contributed by atoms with Crippen molar-refractivity contribution in [2.24, 2.45) is 17.2 Å². The van der Waals surface area contributed by atoms with Crippen molar-refractivity contribution in [3.05, 3.63) is 41.5 Å². The Kier molecular flexibility index (Phi) is 13.0. The maximum atomic E-state index is 13.9. The van der Waals surface area contributed by atoms with Crippen molar-refractivity contribution in [1.29, 1.82) is 0 Å². The van der Waals surface area contributed by atoms with Crippen molar-refractivity contribution in [2.45, 2.75) is 85.9 Å². The molecule has 0 saturated heterocycles. The van der Waals surface area contributed by atoms with E-state index in [2.05, 4.69) is 20.8 Å². The Labute approximate surface area is 244 Å². The summed E-state index contributed by atoms with van der Waals surface area (Å²) in [4.78, 5) is 57.4. The summed E-state index contributed by atoms with van der Waals surface area (Å²) in [5.74, 6) is 3.85. The molecule has 0 aliphatic rings. The summed E-state index contributed by atoms with van der Waals surface area (Å²) in [6.07, 6.45) is 0.925. The summed E-state index contributed by atoms with van der Waals surface area (Å²) in [7, 11) is 3.36. The Morgan fingerprint density at radius 2 is 1.68 bits per heavy atom. The Morgan fingerprint density at radius 3 is 2.17 bits per heavy atom. The second kappa shape index (κ2) is 15.0. The Balaban J connectivity index is 3.34. The highest BCUT2D eigenvalue weighted by molar-refractivity contribution is 5.92. The zero-order valence-electron chi connectivity index (χ0n) is 26.4.